The number of alkyl halides is 3. The summed E-state index contributed by atoms with van der Waals surface area (Å²) in [5, 5.41) is 2.64. The van der Waals surface area contributed by atoms with Crippen LogP contribution >= 0.6 is 11.6 Å². The fourth-order valence-electron chi connectivity index (χ4n) is 3.07. The SMILES string of the molecule is O=C1O[C@@]2(C(=O)Nc3cc(C(F)(F)F)ccc32)c2cc(Cl)ccc21. The predicted molar refractivity (Wildman–Crippen MR) is 77.7 cm³/mol. The van der Waals surface area contributed by atoms with Gasteiger partial charge in [0.05, 0.1) is 11.1 Å². The Labute approximate surface area is 138 Å². The first-order valence-corrected chi connectivity index (χ1v) is 7.18. The van der Waals surface area contributed by atoms with Crippen LogP contribution in [0.25, 0.3) is 0 Å². The molecule has 1 amide bonds. The Balaban J connectivity index is 1.96. The van der Waals surface area contributed by atoms with Crippen LogP contribution in [-0.2, 0) is 21.3 Å². The van der Waals surface area contributed by atoms with Crippen LogP contribution in [0.15, 0.2) is 36.4 Å². The highest BCUT2D eigenvalue weighted by Gasteiger charge is 2.58. The molecule has 0 bridgehead atoms. The summed E-state index contributed by atoms with van der Waals surface area (Å²) in [6, 6.07) is 7.11. The molecule has 4 nitrogen and oxygen atoms in total. The molecule has 0 aliphatic carbocycles. The van der Waals surface area contributed by atoms with Crippen molar-refractivity contribution >= 4 is 29.2 Å². The van der Waals surface area contributed by atoms with Crippen molar-refractivity contribution in [3.05, 3.63) is 63.7 Å². The van der Waals surface area contributed by atoms with Crippen molar-refractivity contribution in [1.82, 2.24) is 0 Å². The molecule has 0 fully saturated rings. The van der Waals surface area contributed by atoms with E-state index in [-0.39, 0.29) is 27.4 Å². The molecule has 4 rings (SSSR count). The molecule has 1 atom stereocenters. The van der Waals surface area contributed by atoms with Gasteiger partial charge in [0, 0.05) is 21.8 Å². The first-order valence-electron chi connectivity index (χ1n) is 6.80. The molecule has 1 spiro atoms. The molecule has 122 valence electrons. The number of ether oxygens (including phenoxy) is 1. The summed E-state index contributed by atoms with van der Waals surface area (Å²) in [5.74, 6) is -1.46. The molecular weight excluding hydrogens is 347 g/mol. The van der Waals surface area contributed by atoms with Gasteiger partial charge in [0.25, 0.3) is 5.91 Å². The third-order valence-corrected chi connectivity index (χ3v) is 4.36. The summed E-state index contributed by atoms with van der Waals surface area (Å²) in [4.78, 5) is 24.6. The predicted octanol–water partition coefficient (Wildman–Crippen LogP) is 3.72. The van der Waals surface area contributed by atoms with Crippen LogP contribution in [0.4, 0.5) is 18.9 Å². The number of carbonyl (C=O) groups is 2. The quantitative estimate of drug-likeness (QED) is 0.734. The minimum atomic E-state index is -4.55. The second-order valence-electron chi connectivity index (χ2n) is 5.47. The van der Waals surface area contributed by atoms with Gasteiger partial charge in [-0.05, 0) is 30.3 Å². The van der Waals surface area contributed by atoms with E-state index in [0.29, 0.717) is 0 Å². The van der Waals surface area contributed by atoms with E-state index in [1.807, 2.05) is 0 Å². The molecule has 1 N–H and O–H groups in total. The number of rotatable bonds is 0. The van der Waals surface area contributed by atoms with Gasteiger partial charge in [0.2, 0.25) is 5.60 Å². The van der Waals surface area contributed by atoms with Crippen LogP contribution in [0.3, 0.4) is 0 Å². The zero-order valence-corrected chi connectivity index (χ0v) is 12.5. The van der Waals surface area contributed by atoms with Crippen molar-refractivity contribution in [2.75, 3.05) is 5.32 Å². The van der Waals surface area contributed by atoms with E-state index in [0.717, 1.165) is 18.2 Å². The molecule has 0 radical (unpaired) electrons. The zero-order chi connectivity index (χ0) is 17.3. The first-order chi connectivity index (χ1) is 11.2. The Kier molecular flexibility index (Phi) is 2.82. The second kappa shape index (κ2) is 4.51. The lowest BCUT2D eigenvalue weighted by atomic mass is 9.86. The van der Waals surface area contributed by atoms with E-state index in [2.05, 4.69) is 5.32 Å². The van der Waals surface area contributed by atoms with Gasteiger partial charge in [-0.25, -0.2) is 4.79 Å². The molecule has 0 aromatic heterocycles. The van der Waals surface area contributed by atoms with Gasteiger partial charge in [-0.1, -0.05) is 17.7 Å². The highest BCUT2D eigenvalue weighted by Crippen LogP contribution is 2.50. The number of halogens is 4. The van der Waals surface area contributed by atoms with Gasteiger partial charge < -0.3 is 10.1 Å². The van der Waals surface area contributed by atoms with Crippen molar-refractivity contribution in [3.63, 3.8) is 0 Å². The second-order valence-corrected chi connectivity index (χ2v) is 5.91. The molecule has 2 heterocycles. The maximum Gasteiger partial charge on any atom is 0.416 e. The summed E-state index contributed by atoms with van der Waals surface area (Å²) in [5.41, 5.74) is -2.24. The lowest BCUT2D eigenvalue weighted by Gasteiger charge is -2.21. The monoisotopic (exact) mass is 353 g/mol. The highest BCUT2D eigenvalue weighted by molar-refractivity contribution is 6.31. The van der Waals surface area contributed by atoms with Crippen LogP contribution in [-0.4, -0.2) is 11.9 Å². The summed E-state index contributed by atoms with van der Waals surface area (Å²) in [6.07, 6.45) is -4.55. The molecule has 2 aromatic rings. The minimum Gasteiger partial charge on any atom is -0.435 e. The van der Waals surface area contributed by atoms with E-state index >= 15 is 0 Å². The topological polar surface area (TPSA) is 55.4 Å². The van der Waals surface area contributed by atoms with Crippen LogP contribution in [0, 0.1) is 0 Å². The number of esters is 1. The average Bonchev–Trinajstić information content (AvgIpc) is 2.94. The number of hydrogen-bond acceptors (Lipinski definition) is 3. The number of anilines is 1. The zero-order valence-electron chi connectivity index (χ0n) is 11.7. The Bertz CT molecular complexity index is 925. The molecule has 2 aliphatic rings. The van der Waals surface area contributed by atoms with Crippen molar-refractivity contribution in [2.24, 2.45) is 0 Å². The fraction of sp³-hybridized carbons (Fsp3) is 0.125. The van der Waals surface area contributed by atoms with Crippen LogP contribution in [0.1, 0.15) is 27.0 Å². The largest absolute Gasteiger partial charge is 0.435 e. The van der Waals surface area contributed by atoms with Crippen LogP contribution < -0.4 is 5.32 Å². The Hall–Kier alpha value is -2.54. The molecule has 8 heteroatoms. The minimum absolute atomic E-state index is 0.0459. The van der Waals surface area contributed by atoms with Crippen molar-refractivity contribution in [3.8, 4) is 0 Å². The fourth-order valence-corrected chi connectivity index (χ4v) is 3.24. The summed E-state index contributed by atoms with van der Waals surface area (Å²) >= 11 is 5.95. The summed E-state index contributed by atoms with van der Waals surface area (Å²) in [7, 11) is 0. The third-order valence-electron chi connectivity index (χ3n) is 4.12. The third kappa shape index (κ3) is 1.81. The normalized spacial score (nSPS) is 21.5. The van der Waals surface area contributed by atoms with E-state index in [4.69, 9.17) is 16.3 Å². The Morgan fingerprint density at radius 3 is 2.50 bits per heavy atom. The molecule has 0 saturated heterocycles. The van der Waals surface area contributed by atoms with E-state index in [1.165, 1.54) is 18.2 Å². The smallest absolute Gasteiger partial charge is 0.416 e. The van der Waals surface area contributed by atoms with Crippen molar-refractivity contribution in [1.29, 1.82) is 0 Å². The van der Waals surface area contributed by atoms with Gasteiger partial charge in [0.1, 0.15) is 0 Å². The molecule has 2 aromatic carbocycles. The average molecular weight is 354 g/mol. The van der Waals surface area contributed by atoms with Crippen molar-refractivity contribution in [2.45, 2.75) is 11.8 Å². The van der Waals surface area contributed by atoms with Gasteiger partial charge in [-0.2, -0.15) is 13.2 Å². The van der Waals surface area contributed by atoms with Gasteiger partial charge in [0.15, 0.2) is 0 Å². The number of carbonyl (C=O) groups excluding carboxylic acids is 2. The van der Waals surface area contributed by atoms with Gasteiger partial charge in [-0.15, -0.1) is 0 Å². The lowest BCUT2D eigenvalue weighted by molar-refractivity contribution is -0.137. The Morgan fingerprint density at radius 2 is 1.79 bits per heavy atom. The standard InChI is InChI=1S/C16H7ClF3NO3/c17-8-2-3-9-11(6-8)15(24-13(9)22)10-4-1-7(16(18,19)20)5-12(10)21-14(15)23/h1-6H,(H,21,23)/t15-/m1/s1. The van der Waals surface area contributed by atoms with E-state index in [9.17, 15) is 22.8 Å². The highest BCUT2D eigenvalue weighted by atomic mass is 35.5. The maximum absolute atomic E-state index is 12.9. The van der Waals surface area contributed by atoms with Crippen LogP contribution in [0.2, 0.25) is 5.02 Å². The summed E-state index contributed by atoms with van der Waals surface area (Å²) < 4.78 is 43.9. The van der Waals surface area contributed by atoms with E-state index < -0.39 is 29.2 Å². The molecule has 2 aliphatic heterocycles. The van der Waals surface area contributed by atoms with Crippen molar-refractivity contribution < 1.29 is 27.5 Å². The molecular formula is C16H7ClF3NO3. The lowest BCUT2D eigenvalue weighted by Crippen LogP contribution is -2.35. The van der Waals surface area contributed by atoms with E-state index in [1.54, 1.807) is 0 Å². The van der Waals surface area contributed by atoms with Gasteiger partial charge >= 0.3 is 12.1 Å². The summed E-state index contributed by atoms with van der Waals surface area (Å²) in [6.45, 7) is 0. The molecule has 24 heavy (non-hydrogen) atoms. The van der Waals surface area contributed by atoms with Crippen LogP contribution in [0.5, 0.6) is 0 Å². The first kappa shape index (κ1) is 15.0. The number of hydrogen-bond donors (Lipinski definition) is 1. The van der Waals surface area contributed by atoms with Gasteiger partial charge in [-0.3, -0.25) is 4.79 Å². The number of nitrogens with one attached hydrogen (secondary N) is 1. The number of fused-ring (bicyclic) bond motifs is 4. The number of benzene rings is 2. The Morgan fingerprint density at radius 1 is 1.04 bits per heavy atom. The molecule has 0 unspecified atom stereocenters. The molecule has 0 saturated carbocycles. The maximum atomic E-state index is 12.9. The number of amides is 1.